The average molecular weight is 419 g/mol. The van der Waals surface area contributed by atoms with Crippen LogP contribution in [0.5, 0.6) is 0 Å². The molecule has 32 heavy (non-hydrogen) atoms. The first-order chi connectivity index (χ1) is 15.3. The van der Waals surface area contributed by atoms with Crippen LogP contribution in [0.15, 0.2) is 84.9 Å². The van der Waals surface area contributed by atoms with E-state index in [1.54, 1.807) is 0 Å². The van der Waals surface area contributed by atoms with Gasteiger partial charge >= 0.3 is 7.12 Å². The molecule has 4 aromatic carbocycles. The number of benzene rings is 4. The zero-order chi connectivity index (χ0) is 22.1. The summed E-state index contributed by atoms with van der Waals surface area (Å²) in [4.78, 5) is 0. The van der Waals surface area contributed by atoms with Gasteiger partial charge in [-0.3, -0.25) is 0 Å². The van der Waals surface area contributed by atoms with Gasteiger partial charge in [-0.2, -0.15) is 0 Å². The van der Waals surface area contributed by atoms with Crippen molar-refractivity contribution in [2.24, 2.45) is 0 Å². The van der Waals surface area contributed by atoms with Crippen molar-refractivity contribution in [3.05, 3.63) is 84.9 Å². The number of para-hydroxylation sites is 1. The van der Waals surface area contributed by atoms with Gasteiger partial charge in [-0.05, 0) is 68.2 Å². The SMILES string of the molecule is CC1(C)OB(c2ccc3c4ccccc4n(-c4ccc5ccccc5c4)c3c2)OC1(C)C. The van der Waals surface area contributed by atoms with E-state index in [0.717, 1.165) is 16.7 Å². The third-order valence-corrected chi connectivity index (χ3v) is 7.21. The molecule has 2 heterocycles. The van der Waals surface area contributed by atoms with Crippen molar-refractivity contribution in [2.45, 2.75) is 38.9 Å². The Kier molecular flexibility index (Phi) is 4.11. The topological polar surface area (TPSA) is 23.4 Å². The molecule has 0 atom stereocenters. The maximum Gasteiger partial charge on any atom is 0.494 e. The van der Waals surface area contributed by atoms with Crippen LogP contribution in [0.2, 0.25) is 0 Å². The summed E-state index contributed by atoms with van der Waals surface area (Å²) in [5.74, 6) is 0. The van der Waals surface area contributed by atoms with Crippen molar-refractivity contribution in [3.63, 3.8) is 0 Å². The van der Waals surface area contributed by atoms with Crippen LogP contribution in [-0.4, -0.2) is 22.9 Å². The lowest BCUT2D eigenvalue weighted by atomic mass is 9.79. The molecular weight excluding hydrogens is 393 g/mol. The molecule has 158 valence electrons. The second-order valence-corrected chi connectivity index (χ2v) is 9.75. The van der Waals surface area contributed by atoms with Crippen LogP contribution >= 0.6 is 0 Å². The van der Waals surface area contributed by atoms with Gasteiger partial charge in [0.1, 0.15) is 0 Å². The molecule has 0 bridgehead atoms. The van der Waals surface area contributed by atoms with Gasteiger partial charge in [-0.15, -0.1) is 0 Å². The molecule has 0 N–H and O–H groups in total. The highest BCUT2D eigenvalue weighted by molar-refractivity contribution is 6.62. The summed E-state index contributed by atoms with van der Waals surface area (Å²) >= 11 is 0. The Morgan fingerprint density at radius 1 is 0.625 bits per heavy atom. The highest BCUT2D eigenvalue weighted by atomic mass is 16.7. The van der Waals surface area contributed by atoms with Gasteiger partial charge in [0.2, 0.25) is 0 Å². The lowest BCUT2D eigenvalue weighted by molar-refractivity contribution is 0.00578. The Hall–Kier alpha value is -3.08. The summed E-state index contributed by atoms with van der Waals surface area (Å²) in [5.41, 5.74) is 3.83. The molecule has 3 nitrogen and oxygen atoms in total. The molecule has 1 aromatic heterocycles. The molecule has 1 aliphatic rings. The van der Waals surface area contributed by atoms with Gasteiger partial charge in [0, 0.05) is 16.5 Å². The third-order valence-electron chi connectivity index (χ3n) is 7.21. The minimum Gasteiger partial charge on any atom is -0.399 e. The molecular formula is C28H26BNO2. The van der Waals surface area contributed by atoms with Gasteiger partial charge in [0.05, 0.1) is 22.2 Å². The van der Waals surface area contributed by atoms with Gasteiger partial charge in [0.25, 0.3) is 0 Å². The lowest BCUT2D eigenvalue weighted by Crippen LogP contribution is -2.41. The minimum absolute atomic E-state index is 0.363. The Labute approximate surface area is 188 Å². The number of hydrogen-bond donors (Lipinski definition) is 0. The smallest absolute Gasteiger partial charge is 0.399 e. The predicted octanol–water partition coefficient (Wildman–Crippen LogP) is 6.24. The molecule has 5 aromatic rings. The Bertz CT molecular complexity index is 1480. The fourth-order valence-electron chi connectivity index (χ4n) is 4.71. The van der Waals surface area contributed by atoms with Crippen LogP contribution in [0.4, 0.5) is 0 Å². The summed E-state index contributed by atoms with van der Waals surface area (Å²) in [6.07, 6.45) is 0. The maximum atomic E-state index is 6.34. The normalized spacial score (nSPS) is 17.6. The average Bonchev–Trinajstić information content (AvgIpc) is 3.22. The van der Waals surface area contributed by atoms with E-state index in [2.05, 4.69) is 117 Å². The van der Waals surface area contributed by atoms with E-state index in [-0.39, 0.29) is 18.3 Å². The van der Waals surface area contributed by atoms with E-state index in [1.165, 1.54) is 27.1 Å². The molecule has 6 rings (SSSR count). The van der Waals surface area contributed by atoms with Crippen LogP contribution < -0.4 is 5.46 Å². The van der Waals surface area contributed by atoms with Crippen molar-refractivity contribution in [2.75, 3.05) is 0 Å². The fraction of sp³-hybridized carbons (Fsp3) is 0.214. The molecule has 0 aliphatic carbocycles. The van der Waals surface area contributed by atoms with E-state index >= 15 is 0 Å². The number of nitrogens with zero attached hydrogens (tertiary/aromatic N) is 1. The van der Waals surface area contributed by atoms with Crippen molar-refractivity contribution >= 4 is 45.2 Å². The summed E-state index contributed by atoms with van der Waals surface area (Å²) in [6, 6.07) is 30.3. The second kappa shape index (κ2) is 6.71. The number of hydrogen-bond acceptors (Lipinski definition) is 2. The molecule has 0 saturated carbocycles. The van der Waals surface area contributed by atoms with Crippen LogP contribution in [0.1, 0.15) is 27.7 Å². The summed E-state index contributed by atoms with van der Waals surface area (Å²) in [5, 5.41) is 4.96. The minimum atomic E-state index is -0.382. The van der Waals surface area contributed by atoms with E-state index in [9.17, 15) is 0 Å². The van der Waals surface area contributed by atoms with Crippen LogP contribution in [0.3, 0.4) is 0 Å². The van der Waals surface area contributed by atoms with Crippen molar-refractivity contribution in [1.29, 1.82) is 0 Å². The zero-order valence-corrected chi connectivity index (χ0v) is 18.9. The first-order valence-corrected chi connectivity index (χ1v) is 11.2. The monoisotopic (exact) mass is 419 g/mol. The third kappa shape index (κ3) is 2.83. The van der Waals surface area contributed by atoms with Gasteiger partial charge < -0.3 is 13.9 Å². The van der Waals surface area contributed by atoms with Gasteiger partial charge in [-0.1, -0.05) is 60.7 Å². The second-order valence-electron chi connectivity index (χ2n) is 9.75. The standard InChI is InChI=1S/C28H26BNO2/c1-27(2)28(3,4)32-29(31-27)21-14-16-24-23-11-7-8-12-25(23)30(26(24)18-21)22-15-13-19-9-5-6-10-20(19)17-22/h5-18H,1-4H3. The van der Waals surface area contributed by atoms with E-state index in [1.807, 2.05) is 0 Å². The Morgan fingerprint density at radius 3 is 2.06 bits per heavy atom. The van der Waals surface area contributed by atoms with E-state index in [0.29, 0.717) is 0 Å². The largest absolute Gasteiger partial charge is 0.494 e. The van der Waals surface area contributed by atoms with E-state index in [4.69, 9.17) is 9.31 Å². The molecule has 4 heteroatoms. The summed E-state index contributed by atoms with van der Waals surface area (Å²) < 4.78 is 15.0. The highest BCUT2D eigenvalue weighted by Gasteiger charge is 2.51. The maximum absolute atomic E-state index is 6.34. The fourth-order valence-corrected chi connectivity index (χ4v) is 4.71. The number of rotatable bonds is 2. The molecule has 0 amide bonds. The predicted molar refractivity (Wildman–Crippen MR) is 134 cm³/mol. The number of aromatic nitrogens is 1. The first-order valence-electron chi connectivity index (χ1n) is 11.2. The molecule has 0 spiro atoms. The van der Waals surface area contributed by atoms with Crippen molar-refractivity contribution < 1.29 is 9.31 Å². The summed E-state index contributed by atoms with van der Waals surface area (Å²) in [6.45, 7) is 8.38. The van der Waals surface area contributed by atoms with Gasteiger partial charge in [-0.25, -0.2) is 0 Å². The van der Waals surface area contributed by atoms with Crippen LogP contribution in [0.25, 0.3) is 38.3 Å². The number of fused-ring (bicyclic) bond motifs is 4. The molecule has 0 unspecified atom stereocenters. The zero-order valence-electron chi connectivity index (χ0n) is 18.9. The highest BCUT2D eigenvalue weighted by Crippen LogP contribution is 2.37. The van der Waals surface area contributed by atoms with Crippen LogP contribution in [-0.2, 0) is 9.31 Å². The van der Waals surface area contributed by atoms with Crippen molar-refractivity contribution in [3.8, 4) is 5.69 Å². The molecule has 1 fully saturated rings. The van der Waals surface area contributed by atoms with E-state index < -0.39 is 0 Å². The van der Waals surface area contributed by atoms with Crippen molar-refractivity contribution in [1.82, 2.24) is 4.57 Å². The first kappa shape index (κ1) is 19.6. The Balaban J connectivity index is 1.58. The molecule has 1 aliphatic heterocycles. The molecule has 0 radical (unpaired) electrons. The quantitative estimate of drug-likeness (QED) is 0.317. The lowest BCUT2D eigenvalue weighted by Gasteiger charge is -2.32. The summed E-state index contributed by atoms with van der Waals surface area (Å²) in [7, 11) is -0.382. The van der Waals surface area contributed by atoms with Crippen LogP contribution in [0, 0.1) is 0 Å². The van der Waals surface area contributed by atoms with Gasteiger partial charge in [0.15, 0.2) is 0 Å². The Morgan fingerprint density at radius 2 is 1.28 bits per heavy atom. The molecule has 1 saturated heterocycles.